The van der Waals surface area contributed by atoms with Crippen LogP contribution in [0.25, 0.3) is 16.5 Å². The Hall–Kier alpha value is -1.84. The maximum atomic E-state index is 13.2. The highest BCUT2D eigenvalue weighted by atomic mass is 19.1. The first kappa shape index (κ1) is 11.2. The molecule has 0 saturated heterocycles. The fourth-order valence-corrected chi connectivity index (χ4v) is 1.11. The maximum Gasteiger partial charge on any atom is 0.130 e. The zero-order chi connectivity index (χ0) is 11.1. The maximum absolute atomic E-state index is 13.2. The van der Waals surface area contributed by atoms with Gasteiger partial charge in [-0.2, -0.15) is 0 Å². The van der Waals surface area contributed by atoms with Crippen LogP contribution in [-0.2, 0) is 6.54 Å². The van der Waals surface area contributed by atoms with E-state index in [1.165, 1.54) is 6.07 Å². The summed E-state index contributed by atoms with van der Waals surface area (Å²) in [4.78, 5) is 2.58. The molecule has 5 heteroatoms. The Morgan fingerprint density at radius 2 is 2.33 bits per heavy atom. The van der Waals surface area contributed by atoms with Crippen LogP contribution in [-0.4, -0.2) is 6.54 Å². The van der Waals surface area contributed by atoms with E-state index < -0.39 is 0 Å². The zero-order valence-electron chi connectivity index (χ0n) is 8.10. The Bertz CT molecular complexity index is 408. The van der Waals surface area contributed by atoms with Crippen molar-refractivity contribution in [1.29, 1.82) is 0 Å². The molecule has 78 valence electrons. The van der Waals surface area contributed by atoms with E-state index in [4.69, 9.17) is 11.3 Å². The number of hydrogen-bond acceptors (Lipinski definition) is 2. The van der Waals surface area contributed by atoms with Gasteiger partial charge in [-0.05, 0) is 23.2 Å². The van der Waals surface area contributed by atoms with Gasteiger partial charge < -0.3 is 5.73 Å². The van der Waals surface area contributed by atoms with Crippen LogP contribution in [0.5, 0.6) is 0 Å². The Balaban J connectivity index is 2.83. The summed E-state index contributed by atoms with van der Waals surface area (Å²) in [5.74, 6) is -0.315. The Kier molecular flexibility index (Phi) is 4.34. The van der Waals surface area contributed by atoms with Crippen LogP contribution in [0.15, 0.2) is 29.4 Å². The zero-order valence-corrected chi connectivity index (χ0v) is 8.10. The molecular weight excluding hydrogens is 195 g/mol. The second kappa shape index (κ2) is 5.80. The second-order valence-corrected chi connectivity index (χ2v) is 2.88. The molecule has 0 aliphatic carbocycles. The molecule has 0 atom stereocenters. The molecule has 0 amide bonds. The van der Waals surface area contributed by atoms with Crippen molar-refractivity contribution in [1.82, 2.24) is 0 Å². The molecule has 15 heavy (non-hydrogen) atoms. The van der Waals surface area contributed by atoms with Gasteiger partial charge in [0, 0.05) is 23.6 Å². The SMILES string of the molecule is [N-]=[N+]=NCC=Cc1cc(CN)ccc1F. The standard InChI is InChI=1S/C10H11FN4/c11-10-4-3-8(7-12)6-9(10)2-1-5-14-15-13/h1-4,6H,5,7,12H2. The Morgan fingerprint density at radius 1 is 1.53 bits per heavy atom. The van der Waals surface area contributed by atoms with Gasteiger partial charge in [0.25, 0.3) is 0 Å². The minimum absolute atomic E-state index is 0.211. The highest BCUT2D eigenvalue weighted by molar-refractivity contribution is 5.51. The number of benzene rings is 1. The summed E-state index contributed by atoms with van der Waals surface area (Å²) in [6.45, 7) is 0.584. The van der Waals surface area contributed by atoms with Crippen molar-refractivity contribution in [3.63, 3.8) is 0 Å². The number of hydrogen-bond donors (Lipinski definition) is 1. The van der Waals surface area contributed by atoms with Gasteiger partial charge in [-0.1, -0.05) is 23.3 Å². The number of nitrogens with two attached hydrogens (primary N) is 1. The van der Waals surface area contributed by atoms with E-state index in [-0.39, 0.29) is 12.4 Å². The molecule has 0 saturated carbocycles. The van der Waals surface area contributed by atoms with Crippen molar-refractivity contribution < 1.29 is 4.39 Å². The van der Waals surface area contributed by atoms with E-state index in [1.807, 2.05) is 0 Å². The number of rotatable bonds is 4. The molecule has 1 aromatic carbocycles. The first-order valence-electron chi connectivity index (χ1n) is 4.44. The molecule has 0 radical (unpaired) electrons. The molecule has 2 N–H and O–H groups in total. The molecule has 0 aliphatic heterocycles. The predicted molar refractivity (Wildman–Crippen MR) is 57.3 cm³/mol. The van der Waals surface area contributed by atoms with Crippen LogP contribution in [0.3, 0.4) is 0 Å². The quantitative estimate of drug-likeness (QED) is 0.459. The summed E-state index contributed by atoms with van der Waals surface area (Å²) in [7, 11) is 0. The average Bonchev–Trinajstić information content (AvgIpc) is 2.26. The molecule has 0 spiro atoms. The Labute approximate surface area is 86.8 Å². The topological polar surface area (TPSA) is 74.8 Å². The second-order valence-electron chi connectivity index (χ2n) is 2.88. The molecule has 1 rings (SSSR count). The molecule has 1 aromatic rings. The molecule has 4 nitrogen and oxygen atoms in total. The summed E-state index contributed by atoms with van der Waals surface area (Å²) in [5, 5.41) is 3.31. The van der Waals surface area contributed by atoms with Crippen molar-refractivity contribution in [2.45, 2.75) is 6.54 Å². The molecule has 0 unspecified atom stereocenters. The van der Waals surface area contributed by atoms with Crippen LogP contribution in [0.1, 0.15) is 11.1 Å². The summed E-state index contributed by atoms with van der Waals surface area (Å²) < 4.78 is 13.2. The van der Waals surface area contributed by atoms with E-state index in [1.54, 1.807) is 24.3 Å². The van der Waals surface area contributed by atoms with E-state index in [0.29, 0.717) is 12.1 Å². The van der Waals surface area contributed by atoms with Gasteiger partial charge in [0.2, 0.25) is 0 Å². The highest BCUT2D eigenvalue weighted by Crippen LogP contribution is 2.11. The van der Waals surface area contributed by atoms with Gasteiger partial charge >= 0.3 is 0 Å². The normalized spacial score (nSPS) is 10.3. The van der Waals surface area contributed by atoms with Crippen molar-refractivity contribution in [3.05, 3.63) is 51.7 Å². The lowest BCUT2D eigenvalue weighted by molar-refractivity contribution is 0.624. The fourth-order valence-electron chi connectivity index (χ4n) is 1.11. The van der Waals surface area contributed by atoms with Crippen LogP contribution < -0.4 is 5.73 Å². The van der Waals surface area contributed by atoms with Gasteiger partial charge in [0.05, 0.1) is 0 Å². The van der Waals surface area contributed by atoms with Crippen molar-refractivity contribution in [2.75, 3.05) is 6.54 Å². The van der Waals surface area contributed by atoms with Gasteiger partial charge in [0.15, 0.2) is 0 Å². The van der Waals surface area contributed by atoms with Gasteiger partial charge in [-0.3, -0.25) is 0 Å². The van der Waals surface area contributed by atoms with Gasteiger partial charge in [0.1, 0.15) is 5.82 Å². The third-order valence-electron chi connectivity index (χ3n) is 1.84. The summed E-state index contributed by atoms with van der Waals surface area (Å²) >= 11 is 0. The van der Waals surface area contributed by atoms with Crippen LogP contribution >= 0.6 is 0 Å². The minimum Gasteiger partial charge on any atom is -0.326 e. The highest BCUT2D eigenvalue weighted by Gasteiger charge is 1.98. The Morgan fingerprint density at radius 3 is 3.00 bits per heavy atom. The minimum atomic E-state index is -0.315. The lowest BCUT2D eigenvalue weighted by atomic mass is 10.1. The smallest absolute Gasteiger partial charge is 0.130 e. The lowest BCUT2D eigenvalue weighted by Gasteiger charge is -2.00. The average molecular weight is 206 g/mol. The van der Waals surface area contributed by atoms with Gasteiger partial charge in [-0.15, -0.1) is 0 Å². The third-order valence-corrected chi connectivity index (χ3v) is 1.84. The molecule has 0 bridgehead atoms. The molecule has 0 aromatic heterocycles. The molecule has 0 fully saturated rings. The number of halogens is 1. The van der Waals surface area contributed by atoms with Crippen LogP contribution in [0.4, 0.5) is 4.39 Å². The monoisotopic (exact) mass is 206 g/mol. The first-order valence-corrected chi connectivity index (χ1v) is 4.44. The van der Waals surface area contributed by atoms with E-state index in [2.05, 4.69) is 10.0 Å². The van der Waals surface area contributed by atoms with Crippen molar-refractivity contribution in [2.24, 2.45) is 10.8 Å². The summed E-state index contributed by atoms with van der Waals surface area (Å²) in [5.41, 5.74) is 14.8. The molecule has 0 heterocycles. The third kappa shape index (κ3) is 3.42. The molecule has 0 aliphatic rings. The lowest BCUT2D eigenvalue weighted by Crippen LogP contribution is -1.97. The van der Waals surface area contributed by atoms with E-state index in [0.717, 1.165) is 5.56 Å². The van der Waals surface area contributed by atoms with E-state index >= 15 is 0 Å². The van der Waals surface area contributed by atoms with Crippen molar-refractivity contribution in [3.8, 4) is 0 Å². The van der Waals surface area contributed by atoms with Gasteiger partial charge in [-0.25, -0.2) is 4.39 Å². The first-order chi connectivity index (χ1) is 7.27. The predicted octanol–water partition coefficient (Wildman–Crippen LogP) is 2.61. The van der Waals surface area contributed by atoms with E-state index in [9.17, 15) is 4.39 Å². The summed E-state index contributed by atoms with van der Waals surface area (Å²) in [6, 6.07) is 4.68. The largest absolute Gasteiger partial charge is 0.326 e. The number of azide groups is 1. The van der Waals surface area contributed by atoms with Crippen LogP contribution in [0, 0.1) is 5.82 Å². The fraction of sp³-hybridized carbons (Fsp3) is 0.200. The number of nitrogens with zero attached hydrogens (tertiary/aromatic N) is 3. The summed E-state index contributed by atoms with van der Waals surface area (Å²) in [6.07, 6.45) is 3.17. The molecular formula is C10H11FN4. The van der Waals surface area contributed by atoms with Crippen molar-refractivity contribution >= 4 is 6.08 Å². The van der Waals surface area contributed by atoms with Crippen LogP contribution in [0.2, 0.25) is 0 Å².